The average molecular weight is 153 g/mol. The summed E-state index contributed by atoms with van der Waals surface area (Å²) in [6.07, 6.45) is 1.81. The van der Waals surface area contributed by atoms with Gasteiger partial charge < -0.3 is 0 Å². The second-order valence-corrected chi connectivity index (χ2v) is 3.18. The van der Waals surface area contributed by atoms with Gasteiger partial charge in [0.05, 0.1) is 5.44 Å². The lowest BCUT2D eigenvalue weighted by Gasteiger charge is -2.06. The fourth-order valence-electron chi connectivity index (χ4n) is 0.918. The number of hydrogen-bond acceptors (Lipinski definition) is 1. The molecule has 0 saturated carbocycles. The summed E-state index contributed by atoms with van der Waals surface area (Å²) >= 11 is 0. The summed E-state index contributed by atoms with van der Waals surface area (Å²) in [4.78, 5) is 4.16. The number of rotatable bonds is 1. The lowest BCUT2D eigenvalue weighted by Crippen LogP contribution is -2.06. The molecule has 1 rings (SSSR count). The maximum atomic E-state index is 4.16. The molecule has 1 heterocycles. The molecule has 10 heavy (non-hydrogen) atoms. The van der Waals surface area contributed by atoms with E-state index in [4.69, 9.17) is 0 Å². The summed E-state index contributed by atoms with van der Waals surface area (Å²) in [5.74, 6) is 0.571. The molecule has 0 fully saturated rings. The first-order valence-corrected chi connectivity index (χ1v) is 4.00. The minimum Gasteiger partial charge on any atom is -0.257 e. The number of aromatic nitrogens is 1. The van der Waals surface area contributed by atoms with Crippen LogP contribution in [0.15, 0.2) is 18.3 Å². The van der Waals surface area contributed by atoms with Crippen LogP contribution in [-0.2, 0) is 0 Å². The third kappa shape index (κ3) is 1.54. The molecule has 0 aliphatic rings. The molecule has 1 unspecified atom stereocenters. The van der Waals surface area contributed by atoms with E-state index in [1.807, 2.05) is 12.3 Å². The van der Waals surface area contributed by atoms with Gasteiger partial charge in [0, 0.05) is 6.20 Å². The second-order valence-electron chi connectivity index (χ2n) is 2.63. The van der Waals surface area contributed by atoms with Gasteiger partial charge in [0.2, 0.25) is 0 Å². The highest BCUT2D eigenvalue weighted by atomic mass is 31.0. The second kappa shape index (κ2) is 3.12. The molecule has 0 spiro atoms. The van der Waals surface area contributed by atoms with Gasteiger partial charge in [-0.3, -0.25) is 4.98 Å². The van der Waals surface area contributed by atoms with Crippen LogP contribution in [0, 0.1) is 0 Å². The summed E-state index contributed by atoms with van der Waals surface area (Å²) in [6, 6.07) is 4.09. The summed E-state index contributed by atoms with van der Waals surface area (Å²) < 4.78 is 0. The zero-order chi connectivity index (χ0) is 7.56. The predicted octanol–water partition coefficient (Wildman–Crippen LogP) is 1.71. The van der Waals surface area contributed by atoms with Crippen LogP contribution in [-0.4, -0.2) is 4.98 Å². The minimum atomic E-state index is 0.571. The van der Waals surface area contributed by atoms with Gasteiger partial charge in [-0.25, -0.2) is 0 Å². The standard InChI is InChI=1S/C8H12NP/c1-6(2)7-4-3-5-9-8(7)10/h3-6H,10H2,1-2H3. The molecule has 0 aliphatic heterocycles. The van der Waals surface area contributed by atoms with Crippen molar-refractivity contribution in [3.8, 4) is 0 Å². The van der Waals surface area contributed by atoms with Gasteiger partial charge in [0.1, 0.15) is 0 Å². The Labute approximate surface area is 64.1 Å². The summed E-state index contributed by atoms with van der Waals surface area (Å²) in [6.45, 7) is 4.34. The van der Waals surface area contributed by atoms with Crippen LogP contribution < -0.4 is 5.44 Å². The first kappa shape index (κ1) is 7.68. The molecule has 0 saturated heterocycles. The lowest BCUT2D eigenvalue weighted by atomic mass is 10.1. The lowest BCUT2D eigenvalue weighted by molar-refractivity contribution is 0.868. The van der Waals surface area contributed by atoms with E-state index in [1.165, 1.54) is 5.56 Å². The van der Waals surface area contributed by atoms with Gasteiger partial charge in [-0.2, -0.15) is 0 Å². The quantitative estimate of drug-likeness (QED) is 0.559. The van der Waals surface area contributed by atoms with Gasteiger partial charge >= 0.3 is 0 Å². The van der Waals surface area contributed by atoms with Gasteiger partial charge in [0.15, 0.2) is 0 Å². The largest absolute Gasteiger partial charge is 0.257 e. The van der Waals surface area contributed by atoms with Crippen LogP contribution in [0.5, 0.6) is 0 Å². The monoisotopic (exact) mass is 153 g/mol. The van der Waals surface area contributed by atoms with Gasteiger partial charge in [-0.1, -0.05) is 29.2 Å². The van der Waals surface area contributed by atoms with Crippen LogP contribution in [0.1, 0.15) is 25.3 Å². The third-order valence-electron chi connectivity index (χ3n) is 1.49. The Hall–Kier alpha value is -0.420. The van der Waals surface area contributed by atoms with E-state index in [0.717, 1.165) is 5.44 Å². The highest BCUT2D eigenvalue weighted by Gasteiger charge is 2.01. The maximum absolute atomic E-state index is 4.16. The van der Waals surface area contributed by atoms with Crippen molar-refractivity contribution < 1.29 is 0 Å². The maximum Gasteiger partial charge on any atom is 0.0603 e. The van der Waals surface area contributed by atoms with Crippen molar-refractivity contribution in [2.45, 2.75) is 19.8 Å². The molecule has 0 amide bonds. The smallest absolute Gasteiger partial charge is 0.0603 e. The van der Waals surface area contributed by atoms with Gasteiger partial charge in [-0.05, 0) is 17.5 Å². The van der Waals surface area contributed by atoms with Crippen molar-refractivity contribution in [3.63, 3.8) is 0 Å². The first-order valence-electron chi connectivity index (χ1n) is 3.42. The Morgan fingerprint density at radius 1 is 1.50 bits per heavy atom. The van der Waals surface area contributed by atoms with Crippen molar-refractivity contribution in [3.05, 3.63) is 23.9 Å². The van der Waals surface area contributed by atoms with Crippen LogP contribution >= 0.6 is 9.24 Å². The van der Waals surface area contributed by atoms with Gasteiger partial charge in [0.25, 0.3) is 0 Å². The van der Waals surface area contributed by atoms with E-state index >= 15 is 0 Å². The topological polar surface area (TPSA) is 12.9 Å². The van der Waals surface area contributed by atoms with Gasteiger partial charge in [-0.15, -0.1) is 0 Å². The molecular weight excluding hydrogens is 141 g/mol. The fourth-order valence-corrected chi connectivity index (χ4v) is 1.43. The van der Waals surface area contributed by atoms with E-state index in [2.05, 4.69) is 34.1 Å². The predicted molar refractivity (Wildman–Crippen MR) is 47.7 cm³/mol. The third-order valence-corrected chi connectivity index (χ3v) is 1.98. The molecule has 0 bridgehead atoms. The Morgan fingerprint density at radius 3 is 2.60 bits per heavy atom. The Morgan fingerprint density at radius 2 is 2.20 bits per heavy atom. The Balaban J connectivity index is 3.03. The van der Waals surface area contributed by atoms with E-state index in [-0.39, 0.29) is 0 Å². The van der Waals surface area contributed by atoms with Crippen LogP contribution in [0.4, 0.5) is 0 Å². The summed E-state index contributed by atoms with van der Waals surface area (Å²) in [5, 5.41) is 0. The molecule has 1 atom stereocenters. The summed E-state index contributed by atoms with van der Waals surface area (Å²) in [5.41, 5.74) is 2.38. The van der Waals surface area contributed by atoms with Crippen molar-refractivity contribution in [2.24, 2.45) is 0 Å². The average Bonchev–Trinajstić information content (AvgIpc) is 1.88. The molecule has 0 aliphatic carbocycles. The van der Waals surface area contributed by atoms with Crippen molar-refractivity contribution in [2.75, 3.05) is 0 Å². The molecular formula is C8H12NP. The van der Waals surface area contributed by atoms with Crippen LogP contribution in [0.3, 0.4) is 0 Å². The van der Waals surface area contributed by atoms with E-state index in [0.29, 0.717) is 5.92 Å². The van der Waals surface area contributed by atoms with E-state index < -0.39 is 0 Å². The zero-order valence-corrected chi connectivity index (χ0v) is 7.49. The van der Waals surface area contributed by atoms with Crippen molar-refractivity contribution in [1.82, 2.24) is 4.98 Å². The van der Waals surface area contributed by atoms with Crippen molar-refractivity contribution >= 4 is 14.7 Å². The molecule has 1 nitrogen and oxygen atoms in total. The van der Waals surface area contributed by atoms with E-state index in [9.17, 15) is 0 Å². The van der Waals surface area contributed by atoms with E-state index in [1.54, 1.807) is 0 Å². The van der Waals surface area contributed by atoms with Crippen LogP contribution in [0.2, 0.25) is 0 Å². The fraction of sp³-hybridized carbons (Fsp3) is 0.375. The Bertz CT molecular complexity index is 220. The highest BCUT2D eigenvalue weighted by Crippen LogP contribution is 2.11. The molecule has 1 aromatic heterocycles. The first-order chi connectivity index (χ1) is 4.72. The molecule has 2 heteroatoms. The molecule has 0 N–H and O–H groups in total. The minimum absolute atomic E-state index is 0.571. The molecule has 54 valence electrons. The van der Waals surface area contributed by atoms with Crippen molar-refractivity contribution in [1.29, 1.82) is 0 Å². The van der Waals surface area contributed by atoms with Crippen LogP contribution in [0.25, 0.3) is 0 Å². The summed E-state index contributed by atoms with van der Waals surface area (Å²) in [7, 11) is 2.64. The highest BCUT2D eigenvalue weighted by molar-refractivity contribution is 7.27. The number of pyridine rings is 1. The molecule has 0 radical (unpaired) electrons. The number of hydrogen-bond donors (Lipinski definition) is 0. The SMILES string of the molecule is CC(C)c1cccnc1P. The molecule has 1 aromatic rings. The number of nitrogens with zero attached hydrogens (tertiary/aromatic N) is 1. The Kier molecular flexibility index (Phi) is 2.39. The zero-order valence-electron chi connectivity index (χ0n) is 6.33. The normalized spacial score (nSPS) is 10.4. The molecule has 0 aromatic carbocycles.